The number of benzene rings is 1. The number of thiocarbonyl (C=S) groups is 1. The summed E-state index contributed by atoms with van der Waals surface area (Å²) in [7, 11) is 0. The van der Waals surface area contributed by atoms with Crippen LogP contribution < -0.4 is 10.7 Å². The molecular weight excluding hydrogens is 388 g/mol. The maximum absolute atomic E-state index is 10.8. The summed E-state index contributed by atoms with van der Waals surface area (Å²) in [6.45, 7) is 1.75. The molecule has 0 saturated carbocycles. The molecule has 2 rings (SSSR count). The lowest BCUT2D eigenvalue weighted by Gasteiger charge is -2.07. The maximum Gasteiger partial charge on any atom is 0.338 e. The van der Waals surface area contributed by atoms with Gasteiger partial charge < -0.3 is 5.32 Å². The number of nitrogens with zero attached hydrogens (tertiary/aromatic N) is 2. The van der Waals surface area contributed by atoms with Crippen LogP contribution in [0.3, 0.4) is 0 Å². The van der Waals surface area contributed by atoms with Crippen LogP contribution in [0.5, 0.6) is 0 Å². The quantitative estimate of drug-likeness (QED) is 0.350. The van der Waals surface area contributed by atoms with E-state index in [-0.39, 0.29) is 5.00 Å². The van der Waals surface area contributed by atoms with E-state index in [0.29, 0.717) is 20.2 Å². The Labute approximate surface area is 144 Å². The molecular formula is C13H11BrN4O2S2. The van der Waals surface area contributed by atoms with Crippen LogP contribution >= 0.6 is 39.5 Å². The summed E-state index contributed by atoms with van der Waals surface area (Å²) in [5.41, 5.74) is 4.17. The Hall–Kier alpha value is -1.84. The molecule has 0 bridgehead atoms. The normalized spacial score (nSPS) is 11.1. The molecule has 2 N–H and O–H groups in total. The van der Waals surface area contributed by atoms with Gasteiger partial charge in [-0.2, -0.15) is 5.10 Å². The van der Waals surface area contributed by atoms with Gasteiger partial charge in [0.2, 0.25) is 0 Å². The maximum atomic E-state index is 10.8. The molecule has 1 heterocycles. The SMILES string of the molecule is CC(=NNC(=S)Nc1ccccc1)c1cc(Br)c([N+](=O)[O-])s1. The molecule has 1 aromatic heterocycles. The molecule has 0 aliphatic rings. The summed E-state index contributed by atoms with van der Waals surface area (Å²) >= 11 is 9.35. The van der Waals surface area contributed by atoms with Gasteiger partial charge in [0.15, 0.2) is 5.11 Å². The highest BCUT2D eigenvalue weighted by Gasteiger charge is 2.18. The first-order valence-corrected chi connectivity index (χ1v) is 8.09. The third-order valence-corrected chi connectivity index (χ3v) is 4.80. The second-order valence-corrected chi connectivity index (χ2v) is 6.44. The van der Waals surface area contributed by atoms with Crippen LogP contribution in [-0.4, -0.2) is 15.7 Å². The van der Waals surface area contributed by atoms with Gasteiger partial charge in [-0.25, -0.2) is 0 Å². The Morgan fingerprint density at radius 2 is 2.09 bits per heavy atom. The fourth-order valence-electron chi connectivity index (χ4n) is 1.53. The zero-order chi connectivity index (χ0) is 16.1. The second-order valence-electron chi connectivity index (χ2n) is 4.15. The first-order chi connectivity index (χ1) is 10.5. The molecule has 6 nitrogen and oxygen atoms in total. The summed E-state index contributed by atoms with van der Waals surface area (Å²) in [5, 5.41) is 18.3. The lowest BCUT2D eigenvalue weighted by Crippen LogP contribution is -2.24. The first kappa shape index (κ1) is 16.5. The zero-order valence-corrected chi connectivity index (χ0v) is 14.6. The predicted molar refractivity (Wildman–Crippen MR) is 96.7 cm³/mol. The number of anilines is 1. The molecule has 0 radical (unpaired) electrons. The van der Waals surface area contributed by atoms with Gasteiger partial charge in [0.05, 0.1) is 15.5 Å². The molecule has 114 valence electrons. The second kappa shape index (κ2) is 7.43. The van der Waals surface area contributed by atoms with Gasteiger partial charge in [-0.1, -0.05) is 29.5 Å². The highest BCUT2D eigenvalue weighted by atomic mass is 79.9. The fraction of sp³-hybridized carbons (Fsp3) is 0.0769. The van der Waals surface area contributed by atoms with E-state index >= 15 is 0 Å². The van der Waals surface area contributed by atoms with E-state index in [0.717, 1.165) is 17.0 Å². The van der Waals surface area contributed by atoms with Crippen molar-refractivity contribution in [2.75, 3.05) is 5.32 Å². The Bertz CT molecular complexity index is 731. The molecule has 0 amide bonds. The topological polar surface area (TPSA) is 79.6 Å². The highest BCUT2D eigenvalue weighted by Crippen LogP contribution is 2.34. The van der Waals surface area contributed by atoms with Crippen molar-refractivity contribution in [3.05, 3.63) is 55.9 Å². The van der Waals surface area contributed by atoms with Gasteiger partial charge in [-0.15, -0.1) is 0 Å². The minimum absolute atomic E-state index is 0.0505. The van der Waals surface area contributed by atoms with Crippen LogP contribution in [-0.2, 0) is 0 Å². The number of hydrogen-bond donors (Lipinski definition) is 2. The van der Waals surface area contributed by atoms with Crippen LogP contribution in [0.2, 0.25) is 0 Å². The lowest BCUT2D eigenvalue weighted by molar-refractivity contribution is -0.380. The van der Waals surface area contributed by atoms with E-state index in [1.54, 1.807) is 13.0 Å². The van der Waals surface area contributed by atoms with E-state index in [1.807, 2.05) is 30.3 Å². The van der Waals surface area contributed by atoms with Crippen molar-refractivity contribution in [2.45, 2.75) is 6.92 Å². The molecule has 0 atom stereocenters. The van der Waals surface area contributed by atoms with Crippen LogP contribution in [0, 0.1) is 10.1 Å². The van der Waals surface area contributed by atoms with Crippen molar-refractivity contribution in [1.82, 2.24) is 5.43 Å². The van der Waals surface area contributed by atoms with E-state index in [1.165, 1.54) is 0 Å². The minimum Gasteiger partial charge on any atom is -0.331 e. The highest BCUT2D eigenvalue weighted by molar-refractivity contribution is 9.10. The van der Waals surface area contributed by atoms with Gasteiger partial charge in [-0.3, -0.25) is 15.5 Å². The number of nitrogens with one attached hydrogen (secondary N) is 2. The average molecular weight is 399 g/mol. The summed E-state index contributed by atoms with van der Waals surface area (Å²) in [6, 6.07) is 11.1. The monoisotopic (exact) mass is 398 g/mol. The number of thiophene rings is 1. The van der Waals surface area contributed by atoms with Crippen LogP contribution in [0.25, 0.3) is 0 Å². The standard InChI is InChI=1S/C13H11BrN4O2S2/c1-8(11-7-10(14)12(22-11)18(19)20)16-17-13(21)15-9-5-3-2-4-6-9/h2-7H,1H3,(H2,15,17,21). The molecule has 0 aliphatic heterocycles. The van der Waals surface area contributed by atoms with Gasteiger partial charge in [-0.05, 0) is 53.3 Å². The summed E-state index contributed by atoms with van der Waals surface area (Å²) in [6.07, 6.45) is 0. The molecule has 1 aromatic carbocycles. The third kappa shape index (κ3) is 4.33. The molecule has 2 aromatic rings. The number of nitro groups is 1. The average Bonchev–Trinajstić information content (AvgIpc) is 2.88. The molecule has 0 saturated heterocycles. The van der Waals surface area contributed by atoms with E-state index in [4.69, 9.17) is 12.2 Å². The predicted octanol–water partition coefficient (Wildman–Crippen LogP) is 4.13. The number of para-hydroxylation sites is 1. The van der Waals surface area contributed by atoms with Crippen molar-refractivity contribution in [3.63, 3.8) is 0 Å². The van der Waals surface area contributed by atoms with Gasteiger partial charge >= 0.3 is 5.00 Å². The van der Waals surface area contributed by atoms with Gasteiger partial charge in [0.1, 0.15) is 4.47 Å². The van der Waals surface area contributed by atoms with Crippen LogP contribution in [0.4, 0.5) is 10.7 Å². The molecule has 0 aliphatic carbocycles. The zero-order valence-electron chi connectivity index (χ0n) is 11.4. The number of halogens is 1. The fourth-order valence-corrected chi connectivity index (χ4v) is 3.27. The number of hydrazone groups is 1. The molecule has 0 spiro atoms. The molecule has 9 heteroatoms. The minimum atomic E-state index is -0.430. The molecule has 22 heavy (non-hydrogen) atoms. The largest absolute Gasteiger partial charge is 0.338 e. The molecule has 0 fully saturated rings. The van der Waals surface area contributed by atoms with Crippen molar-refractivity contribution >= 4 is 61.0 Å². The lowest BCUT2D eigenvalue weighted by atomic mass is 10.3. The summed E-state index contributed by atoms with van der Waals surface area (Å²) in [4.78, 5) is 11.1. The van der Waals surface area contributed by atoms with Crippen molar-refractivity contribution in [2.24, 2.45) is 5.10 Å². The van der Waals surface area contributed by atoms with E-state index in [2.05, 4.69) is 31.8 Å². The van der Waals surface area contributed by atoms with Crippen molar-refractivity contribution < 1.29 is 4.92 Å². The van der Waals surface area contributed by atoms with Gasteiger partial charge in [0.25, 0.3) is 0 Å². The summed E-state index contributed by atoms with van der Waals surface area (Å²) in [5.74, 6) is 0. The Balaban J connectivity index is 2.02. The van der Waals surface area contributed by atoms with E-state index < -0.39 is 4.92 Å². The van der Waals surface area contributed by atoms with Crippen molar-refractivity contribution in [3.8, 4) is 0 Å². The van der Waals surface area contributed by atoms with Crippen LogP contribution in [0.1, 0.15) is 11.8 Å². The smallest absolute Gasteiger partial charge is 0.331 e. The number of hydrogen-bond acceptors (Lipinski definition) is 5. The first-order valence-electron chi connectivity index (χ1n) is 6.08. The Kier molecular flexibility index (Phi) is 5.58. The third-order valence-electron chi connectivity index (χ3n) is 2.55. The van der Waals surface area contributed by atoms with Crippen LogP contribution in [0.15, 0.2) is 46.0 Å². The Morgan fingerprint density at radius 3 is 2.68 bits per heavy atom. The summed E-state index contributed by atoms with van der Waals surface area (Å²) < 4.78 is 0.442. The Morgan fingerprint density at radius 1 is 1.41 bits per heavy atom. The van der Waals surface area contributed by atoms with Gasteiger partial charge in [0, 0.05) is 5.69 Å². The van der Waals surface area contributed by atoms with Crippen molar-refractivity contribution in [1.29, 1.82) is 0 Å². The number of rotatable bonds is 4. The van der Waals surface area contributed by atoms with E-state index in [9.17, 15) is 10.1 Å². The molecule has 0 unspecified atom stereocenters.